The fourth-order valence-corrected chi connectivity index (χ4v) is 4.57. The summed E-state index contributed by atoms with van der Waals surface area (Å²) in [4.78, 5) is 41.8. The number of anilines is 1. The standard InChI is InChI=1S/C20H28N4O4S/c1-5-28-20(27)15-13(2)16(19(26)23(3)4)29-18(15)22-17(25)14-8-6-10-24(12-14)11-7-9-21/h14H,5-8,10-12H2,1-4H3,(H,22,25). The van der Waals surface area contributed by atoms with Gasteiger partial charge in [0, 0.05) is 33.6 Å². The lowest BCUT2D eigenvalue weighted by Gasteiger charge is -2.31. The van der Waals surface area contributed by atoms with E-state index in [0.717, 1.165) is 30.7 Å². The molecule has 1 aliphatic heterocycles. The highest BCUT2D eigenvalue weighted by atomic mass is 32.1. The van der Waals surface area contributed by atoms with Gasteiger partial charge in [0.1, 0.15) is 5.00 Å². The van der Waals surface area contributed by atoms with E-state index in [1.165, 1.54) is 4.90 Å². The lowest BCUT2D eigenvalue weighted by molar-refractivity contribution is -0.121. The third-order valence-corrected chi connectivity index (χ3v) is 6.07. The molecule has 0 spiro atoms. The van der Waals surface area contributed by atoms with Crippen molar-refractivity contribution < 1.29 is 19.1 Å². The van der Waals surface area contributed by atoms with E-state index >= 15 is 0 Å². The molecule has 8 nitrogen and oxygen atoms in total. The van der Waals surface area contributed by atoms with Crippen LogP contribution >= 0.6 is 11.3 Å². The number of ether oxygens (including phenoxy) is 1. The van der Waals surface area contributed by atoms with Crippen molar-refractivity contribution in [1.29, 1.82) is 5.26 Å². The Kier molecular flexibility index (Phi) is 8.17. The van der Waals surface area contributed by atoms with Gasteiger partial charge in [0.05, 0.1) is 29.0 Å². The van der Waals surface area contributed by atoms with Gasteiger partial charge in [-0.15, -0.1) is 11.3 Å². The first kappa shape index (κ1) is 22.8. The van der Waals surface area contributed by atoms with Crippen LogP contribution in [0.1, 0.15) is 51.8 Å². The number of nitriles is 1. The van der Waals surface area contributed by atoms with Gasteiger partial charge in [0.2, 0.25) is 5.91 Å². The number of carbonyl (C=O) groups excluding carboxylic acids is 3. The fraction of sp³-hybridized carbons (Fsp3) is 0.600. The predicted molar refractivity (Wildman–Crippen MR) is 111 cm³/mol. The number of carbonyl (C=O) groups is 3. The van der Waals surface area contributed by atoms with Crippen LogP contribution < -0.4 is 5.32 Å². The van der Waals surface area contributed by atoms with Crippen LogP contribution in [0.15, 0.2) is 0 Å². The van der Waals surface area contributed by atoms with E-state index in [2.05, 4.69) is 16.3 Å². The highest BCUT2D eigenvalue weighted by Gasteiger charge is 2.30. The predicted octanol–water partition coefficient (Wildman–Crippen LogP) is 2.50. The number of piperidine rings is 1. The molecule has 0 saturated carbocycles. The van der Waals surface area contributed by atoms with E-state index in [9.17, 15) is 14.4 Å². The minimum absolute atomic E-state index is 0.178. The second-order valence-corrected chi connectivity index (χ2v) is 8.24. The Morgan fingerprint density at radius 1 is 1.38 bits per heavy atom. The third kappa shape index (κ3) is 5.55. The van der Waals surface area contributed by atoms with Gasteiger partial charge in [-0.25, -0.2) is 4.79 Å². The first-order chi connectivity index (χ1) is 13.8. The van der Waals surface area contributed by atoms with Crippen molar-refractivity contribution in [1.82, 2.24) is 9.80 Å². The van der Waals surface area contributed by atoms with Gasteiger partial charge in [0.25, 0.3) is 5.91 Å². The Balaban J connectivity index is 2.25. The lowest BCUT2D eigenvalue weighted by atomic mass is 9.97. The first-order valence-corrected chi connectivity index (χ1v) is 10.5. The molecule has 0 bridgehead atoms. The average Bonchev–Trinajstić information content (AvgIpc) is 3.01. The molecule has 1 atom stereocenters. The average molecular weight is 421 g/mol. The zero-order valence-corrected chi connectivity index (χ0v) is 18.2. The van der Waals surface area contributed by atoms with Gasteiger partial charge < -0.3 is 19.9 Å². The highest BCUT2D eigenvalue weighted by Crippen LogP contribution is 2.35. The Bertz CT molecular complexity index is 812. The number of amides is 2. The Hall–Kier alpha value is -2.44. The summed E-state index contributed by atoms with van der Waals surface area (Å²) in [5, 5.41) is 12.0. The minimum Gasteiger partial charge on any atom is -0.462 e. The molecule has 0 aliphatic carbocycles. The smallest absolute Gasteiger partial charge is 0.341 e. The van der Waals surface area contributed by atoms with E-state index < -0.39 is 5.97 Å². The van der Waals surface area contributed by atoms with Crippen molar-refractivity contribution in [2.24, 2.45) is 5.92 Å². The Morgan fingerprint density at radius 3 is 2.72 bits per heavy atom. The molecule has 2 rings (SSSR count). The second-order valence-electron chi connectivity index (χ2n) is 7.22. The summed E-state index contributed by atoms with van der Waals surface area (Å²) in [5.74, 6) is -1.18. The molecule has 0 radical (unpaired) electrons. The maximum absolute atomic E-state index is 12.9. The number of nitrogens with one attached hydrogen (secondary N) is 1. The van der Waals surface area contributed by atoms with E-state index in [4.69, 9.17) is 10.00 Å². The summed E-state index contributed by atoms with van der Waals surface area (Å²) in [6.07, 6.45) is 2.06. The van der Waals surface area contributed by atoms with E-state index in [1.54, 1.807) is 27.9 Å². The third-order valence-electron chi connectivity index (χ3n) is 4.88. The van der Waals surface area contributed by atoms with Crippen LogP contribution in [-0.2, 0) is 9.53 Å². The van der Waals surface area contributed by atoms with Gasteiger partial charge in [-0.2, -0.15) is 5.26 Å². The second kappa shape index (κ2) is 10.4. The van der Waals surface area contributed by atoms with Gasteiger partial charge >= 0.3 is 5.97 Å². The van der Waals surface area contributed by atoms with Crippen LogP contribution in [-0.4, -0.2) is 67.9 Å². The topological polar surface area (TPSA) is 103 Å². The quantitative estimate of drug-likeness (QED) is 0.680. The maximum Gasteiger partial charge on any atom is 0.341 e. The molecule has 1 saturated heterocycles. The van der Waals surface area contributed by atoms with Crippen molar-refractivity contribution in [2.75, 3.05) is 45.7 Å². The van der Waals surface area contributed by atoms with Gasteiger partial charge in [-0.1, -0.05) is 0 Å². The Morgan fingerprint density at radius 2 is 2.10 bits per heavy atom. The van der Waals surface area contributed by atoms with E-state index in [-0.39, 0.29) is 29.9 Å². The SMILES string of the molecule is CCOC(=O)c1c(NC(=O)C2CCCN(CCC#N)C2)sc(C(=O)N(C)C)c1C. The van der Waals surface area contributed by atoms with Crippen LogP contribution in [0.5, 0.6) is 0 Å². The summed E-state index contributed by atoms with van der Waals surface area (Å²) in [7, 11) is 3.28. The molecule has 1 aliphatic rings. The number of esters is 1. The van der Waals surface area contributed by atoms with E-state index in [1.807, 2.05) is 0 Å². The van der Waals surface area contributed by atoms with Gasteiger partial charge in [-0.3, -0.25) is 9.59 Å². The molecule has 29 heavy (non-hydrogen) atoms. The number of likely N-dealkylation sites (tertiary alicyclic amines) is 1. The number of hydrogen-bond acceptors (Lipinski definition) is 7. The summed E-state index contributed by atoms with van der Waals surface area (Å²) in [5.41, 5.74) is 0.759. The molecule has 0 aromatic carbocycles. The summed E-state index contributed by atoms with van der Waals surface area (Å²) < 4.78 is 5.14. The van der Waals surface area contributed by atoms with Crippen LogP contribution in [0.2, 0.25) is 0 Å². The normalized spacial score (nSPS) is 16.7. The van der Waals surface area contributed by atoms with Crippen molar-refractivity contribution >= 4 is 34.1 Å². The number of hydrogen-bond donors (Lipinski definition) is 1. The van der Waals surface area contributed by atoms with Crippen LogP contribution in [0.4, 0.5) is 5.00 Å². The van der Waals surface area contributed by atoms with Crippen molar-refractivity contribution in [2.45, 2.75) is 33.1 Å². The molecule has 1 fully saturated rings. The molecule has 1 aromatic heterocycles. The summed E-state index contributed by atoms with van der Waals surface area (Å²) in [6, 6.07) is 2.13. The molecule has 2 amide bonds. The monoisotopic (exact) mass is 420 g/mol. The fourth-order valence-electron chi connectivity index (χ4n) is 3.35. The van der Waals surface area contributed by atoms with E-state index in [0.29, 0.717) is 35.0 Å². The molecule has 158 valence electrons. The van der Waals surface area contributed by atoms with Crippen LogP contribution in [0, 0.1) is 24.2 Å². The lowest BCUT2D eigenvalue weighted by Crippen LogP contribution is -2.41. The zero-order valence-electron chi connectivity index (χ0n) is 17.4. The minimum atomic E-state index is -0.548. The molecular weight excluding hydrogens is 392 g/mol. The molecule has 1 N–H and O–H groups in total. The van der Waals surface area contributed by atoms with Crippen molar-refractivity contribution in [3.05, 3.63) is 16.0 Å². The molecular formula is C20H28N4O4S. The van der Waals surface area contributed by atoms with Crippen LogP contribution in [0.3, 0.4) is 0 Å². The summed E-state index contributed by atoms with van der Waals surface area (Å²) in [6.45, 7) is 5.71. The largest absolute Gasteiger partial charge is 0.462 e. The molecule has 1 unspecified atom stereocenters. The number of rotatable bonds is 7. The Labute approximate surface area is 175 Å². The highest BCUT2D eigenvalue weighted by molar-refractivity contribution is 7.18. The molecule has 2 heterocycles. The van der Waals surface area contributed by atoms with Crippen molar-refractivity contribution in [3.63, 3.8) is 0 Å². The maximum atomic E-state index is 12.9. The first-order valence-electron chi connectivity index (χ1n) is 9.72. The van der Waals surface area contributed by atoms with Gasteiger partial charge in [-0.05, 0) is 38.8 Å². The molecule has 9 heteroatoms. The molecule has 1 aromatic rings. The zero-order chi connectivity index (χ0) is 21.6. The van der Waals surface area contributed by atoms with Crippen molar-refractivity contribution in [3.8, 4) is 6.07 Å². The number of nitrogens with zero attached hydrogens (tertiary/aromatic N) is 3. The number of thiophene rings is 1. The summed E-state index contributed by atoms with van der Waals surface area (Å²) >= 11 is 1.10. The van der Waals surface area contributed by atoms with Gasteiger partial charge in [0.15, 0.2) is 0 Å². The van der Waals surface area contributed by atoms with Crippen LogP contribution in [0.25, 0.3) is 0 Å².